The summed E-state index contributed by atoms with van der Waals surface area (Å²) in [6, 6.07) is 13.6. The second-order valence-corrected chi connectivity index (χ2v) is 8.05. The van der Waals surface area contributed by atoms with Crippen LogP contribution in [-0.4, -0.2) is 35.9 Å². The number of sulfonamides is 1. The molecule has 0 N–H and O–H groups in total. The summed E-state index contributed by atoms with van der Waals surface area (Å²) in [5.41, 5.74) is 1.65. The molecule has 1 aliphatic heterocycles. The Labute approximate surface area is 142 Å². The molecule has 0 unspecified atom stereocenters. The van der Waals surface area contributed by atoms with Crippen molar-refractivity contribution in [3.05, 3.63) is 54.1 Å². The molecular weight excluding hydrogens is 348 g/mol. The number of carbonyl (C=O) groups is 1. The molecular formula is C16H12N2O4S2. The first-order chi connectivity index (χ1) is 11.6. The van der Waals surface area contributed by atoms with Crippen molar-refractivity contribution in [1.82, 2.24) is 9.29 Å². The molecule has 0 saturated carbocycles. The number of amides is 1. The topological polar surface area (TPSA) is 80.5 Å². The van der Waals surface area contributed by atoms with Crippen LogP contribution in [0.4, 0.5) is 0 Å². The summed E-state index contributed by atoms with van der Waals surface area (Å²) in [5.74, 6) is -0.116. The van der Waals surface area contributed by atoms with E-state index >= 15 is 0 Å². The minimum atomic E-state index is -3.76. The maximum absolute atomic E-state index is 12.4. The highest BCUT2D eigenvalue weighted by Crippen LogP contribution is 2.30. The highest BCUT2D eigenvalue weighted by atomic mass is 32.2. The van der Waals surface area contributed by atoms with Crippen molar-refractivity contribution < 1.29 is 17.6 Å². The number of rotatable bonds is 4. The van der Waals surface area contributed by atoms with E-state index in [4.69, 9.17) is 4.42 Å². The lowest BCUT2D eigenvalue weighted by atomic mass is 10.2. The van der Waals surface area contributed by atoms with Gasteiger partial charge in [0.1, 0.15) is 10.4 Å². The van der Waals surface area contributed by atoms with Gasteiger partial charge in [0.25, 0.3) is 21.2 Å². The average Bonchev–Trinajstić information content (AvgIpc) is 3.07. The number of benzene rings is 2. The third-order valence-corrected chi connectivity index (χ3v) is 6.35. The third kappa shape index (κ3) is 2.38. The zero-order chi connectivity index (χ0) is 16.7. The van der Waals surface area contributed by atoms with Crippen LogP contribution in [0.2, 0.25) is 0 Å². The summed E-state index contributed by atoms with van der Waals surface area (Å²) in [5, 5.41) is 0.456. The molecule has 2 heterocycles. The Kier molecular flexibility index (Phi) is 3.58. The lowest BCUT2D eigenvalue weighted by Crippen LogP contribution is -2.32. The van der Waals surface area contributed by atoms with Gasteiger partial charge in [0.2, 0.25) is 0 Å². The normalized spacial score (nSPS) is 15.8. The summed E-state index contributed by atoms with van der Waals surface area (Å²) in [7, 11) is -3.76. The Bertz CT molecular complexity index is 1010. The maximum atomic E-state index is 12.4. The molecule has 1 aromatic heterocycles. The van der Waals surface area contributed by atoms with Crippen LogP contribution < -0.4 is 0 Å². The van der Waals surface area contributed by atoms with Crippen molar-refractivity contribution in [2.24, 2.45) is 0 Å². The number of thioether (sulfide) groups is 1. The van der Waals surface area contributed by atoms with Crippen LogP contribution in [0.3, 0.4) is 0 Å². The van der Waals surface area contributed by atoms with Gasteiger partial charge in [-0.15, -0.1) is 0 Å². The first-order valence-corrected chi connectivity index (χ1v) is 9.64. The van der Waals surface area contributed by atoms with Crippen molar-refractivity contribution in [2.75, 3.05) is 12.3 Å². The van der Waals surface area contributed by atoms with Crippen molar-refractivity contribution in [3.63, 3.8) is 0 Å². The van der Waals surface area contributed by atoms with Gasteiger partial charge >= 0.3 is 0 Å². The molecule has 1 aliphatic rings. The van der Waals surface area contributed by atoms with Gasteiger partial charge in [-0.25, -0.2) is 17.7 Å². The van der Waals surface area contributed by atoms with Gasteiger partial charge in [-0.3, -0.25) is 4.79 Å². The Morgan fingerprint density at radius 3 is 2.62 bits per heavy atom. The predicted octanol–water partition coefficient (Wildman–Crippen LogP) is 2.76. The summed E-state index contributed by atoms with van der Waals surface area (Å²) >= 11 is 1.28. The molecule has 4 rings (SSSR count). The van der Waals surface area contributed by atoms with Crippen molar-refractivity contribution in [3.8, 4) is 0 Å². The van der Waals surface area contributed by atoms with E-state index in [2.05, 4.69) is 4.98 Å². The number of para-hydroxylation sites is 2. The monoisotopic (exact) mass is 360 g/mol. The fourth-order valence-electron chi connectivity index (χ4n) is 2.58. The Morgan fingerprint density at radius 2 is 1.83 bits per heavy atom. The minimum Gasteiger partial charge on any atom is -0.431 e. The molecule has 6 nitrogen and oxygen atoms in total. The largest absolute Gasteiger partial charge is 0.431 e. The molecule has 1 amide bonds. The van der Waals surface area contributed by atoms with Crippen LogP contribution in [0, 0.1) is 0 Å². The Hall–Kier alpha value is -2.32. The average molecular weight is 360 g/mol. The molecule has 3 aromatic rings. The predicted molar refractivity (Wildman–Crippen MR) is 89.4 cm³/mol. The van der Waals surface area contributed by atoms with Gasteiger partial charge < -0.3 is 4.42 Å². The lowest BCUT2D eigenvalue weighted by molar-refractivity contribution is 0.0876. The van der Waals surface area contributed by atoms with E-state index in [9.17, 15) is 13.2 Å². The quantitative estimate of drug-likeness (QED) is 0.666. The minimum absolute atomic E-state index is 0.0687. The molecule has 122 valence electrons. The van der Waals surface area contributed by atoms with Crippen LogP contribution in [0.25, 0.3) is 11.1 Å². The van der Waals surface area contributed by atoms with E-state index in [0.717, 1.165) is 9.82 Å². The number of oxazole rings is 1. The summed E-state index contributed by atoms with van der Waals surface area (Å²) in [4.78, 5) is 16.7. The van der Waals surface area contributed by atoms with Crippen molar-refractivity contribution in [2.45, 2.75) is 10.1 Å². The molecule has 8 heteroatoms. The number of carbonyl (C=O) groups excluding carboxylic acids is 1. The van der Waals surface area contributed by atoms with Crippen LogP contribution in [0.15, 0.2) is 63.1 Å². The summed E-state index contributed by atoms with van der Waals surface area (Å²) in [6.45, 7) is 0.0687. The number of hydrogen-bond donors (Lipinski definition) is 0. The first kappa shape index (κ1) is 15.2. The van der Waals surface area contributed by atoms with Crippen molar-refractivity contribution >= 4 is 38.8 Å². The second kappa shape index (κ2) is 5.64. The number of fused-ring (bicyclic) bond motifs is 2. The highest BCUT2D eigenvalue weighted by Gasteiger charge is 2.40. The summed E-state index contributed by atoms with van der Waals surface area (Å²) in [6.07, 6.45) is 0. The van der Waals surface area contributed by atoms with E-state index in [0.29, 0.717) is 16.6 Å². The van der Waals surface area contributed by atoms with Gasteiger partial charge in [-0.2, -0.15) is 0 Å². The fourth-order valence-corrected chi connectivity index (χ4v) is 5.03. The van der Waals surface area contributed by atoms with E-state index in [1.54, 1.807) is 12.1 Å². The second-order valence-electron chi connectivity index (χ2n) is 5.17. The fraction of sp³-hybridized carbons (Fsp3) is 0.125. The molecule has 0 atom stereocenters. The van der Waals surface area contributed by atoms with Gasteiger partial charge in [0.05, 0.1) is 5.56 Å². The highest BCUT2D eigenvalue weighted by molar-refractivity contribution is 7.99. The zero-order valence-corrected chi connectivity index (χ0v) is 14.0. The van der Waals surface area contributed by atoms with Gasteiger partial charge in [-0.1, -0.05) is 36.0 Å². The van der Waals surface area contributed by atoms with E-state index in [1.165, 1.54) is 23.9 Å². The molecule has 0 fully saturated rings. The van der Waals surface area contributed by atoms with E-state index in [-0.39, 0.29) is 17.0 Å². The SMILES string of the molecule is O=C1c2ccccc2S(=O)(=O)N1CCSc1nc2ccccc2o1. The summed E-state index contributed by atoms with van der Waals surface area (Å²) < 4.78 is 31.4. The molecule has 0 bridgehead atoms. The lowest BCUT2D eigenvalue weighted by Gasteiger charge is -2.13. The Balaban J connectivity index is 1.49. The smallest absolute Gasteiger partial charge is 0.269 e. The van der Waals surface area contributed by atoms with Crippen LogP contribution in [0.5, 0.6) is 0 Å². The number of aromatic nitrogens is 1. The molecule has 0 saturated heterocycles. The van der Waals surface area contributed by atoms with E-state index in [1.807, 2.05) is 24.3 Å². The van der Waals surface area contributed by atoms with E-state index < -0.39 is 15.9 Å². The Morgan fingerprint density at radius 1 is 1.08 bits per heavy atom. The molecule has 0 radical (unpaired) electrons. The third-order valence-electron chi connectivity index (χ3n) is 3.71. The molecule has 0 spiro atoms. The molecule has 2 aromatic carbocycles. The van der Waals surface area contributed by atoms with Crippen LogP contribution in [-0.2, 0) is 10.0 Å². The number of hydrogen-bond acceptors (Lipinski definition) is 6. The van der Waals surface area contributed by atoms with Gasteiger partial charge in [0.15, 0.2) is 5.58 Å². The van der Waals surface area contributed by atoms with Gasteiger partial charge in [-0.05, 0) is 24.3 Å². The standard InChI is InChI=1S/C16H12N2O4S2/c19-15-11-5-1-4-8-14(11)24(20,21)18(15)9-10-23-16-17-12-6-2-3-7-13(12)22-16/h1-8H,9-10H2. The number of nitrogens with zero attached hydrogens (tertiary/aromatic N) is 2. The molecule has 0 aliphatic carbocycles. The van der Waals surface area contributed by atoms with Crippen LogP contribution in [0.1, 0.15) is 10.4 Å². The first-order valence-electron chi connectivity index (χ1n) is 7.22. The maximum Gasteiger partial charge on any atom is 0.269 e. The zero-order valence-electron chi connectivity index (χ0n) is 12.4. The van der Waals surface area contributed by atoms with Crippen molar-refractivity contribution in [1.29, 1.82) is 0 Å². The van der Waals surface area contributed by atoms with Gasteiger partial charge in [0, 0.05) is 12.3 Å². The molecule has 24 heavy (non-hydrogen) atoms. The van der Waals surface area contributed by atoms with Crippen LogP contribution >= 0.6 is 11.8 Å².